The SMILES string of the molecule is CCC(=C[SiH2]Br)CC. The molecule has 0 saturated carbocycles. The van der Waals surface area contributed by atoms with Gasteiger partial charge in [-0.05, 0) is 12.8 Å². The van der Waals surface area contributed by atoms with E-state index in [0.717, 1.165) is 0 Å². The molecule has 0 atom stereocenters. The van der Waals surface area contributed by atoms with Gasteiger partial charge in [0.2, 0.25) is 0 Å². The summed E-state index contributed by atoms with van der Waals surface area (Å²) in [6.45, 7) is 4.43. The Morgan fingerprint density at radius 2 is 2.00 bits per heavy atom. The summed E-state index contributed by atoms with van der Waals surface area (Å²) in [5.74, 6) is 0. The smallest absolute Gasteiger partial charge is 0.122 e. The summed E-state index contributed by atoms with van der Waals surface area (Å²) in [6, 6.07) is 0. The zero-order valence-electron chi connectivity index (χ0n) is 5.58. The molecular weight excluding hydrogens is 180 g/mol. The van der Waals surface area contributed by atoms with Crippen LogP contribution in [0.25, 0.3) is 0 Å². The Labute approximate surface area is 61.8 Å². The molecule has 0 radical (unpaired) electrons. The molecule has 0 aliphatic heterocycles. The maximum atomic E-state index is 3.49. The molecule has 0 spiro atoms. The highest BCUT2D eigenvalue weighted by atomic mass is 79.9. The molecule has 2 heteroatoms. The average Bonchev–Trinajstić information content (AvgIpc) is 1.83. The van der Waals surface area contributed by atoms with Crippen molar-refractivity contribution in [3.05, 3.63) is 11.3 Å². The third-order valence-corrected chi connectivity index (χ3v) is 2.98. The Morgan fingerprint density at radius 1 is 1.50 bits per heavy atom. The van der Waals surface area contributed by atoms with Crippen molar-refractivity contribution in [2.24, 2.45) is 0 Å². The summed E-state index contributed by atoms with van der Waals surface area (Å²) in [6.07, 6.45) is 2.46. The van der Waals surface area contributed by atoms with Crippen LogP contribution in [-0.4, -0.2) is 8.14 Å². The summed E-state index contributed by atoms with van der Waals surface area (Å²) >= 11 is 3.49. The van der Waals surface area contributed by atoms with Gasteiger partial charge in [-0.2, -0.15) is 0 Å². The van der Waals surface area contributed by atoms with Crippen molar-refractivity contribution in [3.8, 4) is 0 Å². The molecule has 0 nitrogen and oxygen atoms in total. The summed E-state index contributed by atoms with van der Waals surface area (Å²) in [5.41, 5.74) is 3.98. The predicted octanol–water partition coefficient (Wildman–Crippen LogP) is 2.17. The van der Waals surface area contributed by atoms with Crippen LogP contribution in [0, 0.1) is 0 Å². The molecule has 0 aliphatic carbocycles. The van der Waals surface area contributed by atoms with Gasteiger partial charge < -0.3 is 0 Å². The molecule has 0 aromatic rings. The van der Waals surface area contributed by atoms with E-state index in [1.54, 1.807) is 5.57 Å². The van der Waals surface area contributed by atoms with Crippen LogP contribution in [0.5, 0.6) is 0 Å². The van der Waals surface area contributed by atoms with Crippen LogP contribution in [0.1, 0.15) is 26.7 Å². The average molecular weight is 193 g/mol. The van der Waals surface area contributed by atoms with Crippen LogP contribution >= 0.6 is 15.3 Å². The molecule has 0 saturated heterocycles. The number of hydrogen-bond acceptors (Lipinski definition) is 0. The first-order chi connectivity index (χ1) is 3.85. The molecule has 0 aromatic carbocycles. The van der Waals surface area contributed by atoms with Gasteiger partial charge >= 0.3 is 0 Å². The van der Waals surface area contributed by atoms with E-state index >= 15 is 0 Å². The molecule has 0 amide bonds. The fourth-order valence-corrected chi connectivity index (χ4v) is 2.82. The Morgan fingerprint density at radius 3 is 2.12 bits per heavy atom. The van der Waals surface area contributed by atoms with Gasteiger partial charge in [0, 0.05) is 0 Å². The van der Waals surface area contributed by atoms with Crippen LogP contribution < -0.4 is 0 Å². The van der Waals surface area contributed by atoms with Crippen LogP contribution in [0.2, 0.25) is 0 Å². The van der Waals surface area contributed by atoms with E-state index in [1.807, 2.05) is 0 Å². The molecule has 0 fully saturated rings. The monoisotopic (exact) mass is 192 g/mol. The van der Waals surface area contributed by atoms with E-state index in [1.165, 1.54) is 12.8 Å². The topological polar surface area (TPSA) is 0 Å². The second kappa shape index (κ2) is 5.57. The van der Waals surface area contributed by atoms with Gasteiger partial charge in [-0.15, -0.1) is 15.3 Å². The molecule has 0 N–H and O–H groups in total. The summed E-state index contributed by atoms with van der Waals surface area (Å²) < 4.78 is 0. The van der Waals surface area contributed by atoms with Crippen molar-refractivity contribution in [2.45, 2.75) is 26.7 Å². The summed E-state index contributed by atoms with van der Waals surface area (Å²) in [5, 5.41) is 0. The van der Waals surface area contributed by atoms with Crippen molar-refractivity contribution in [1.82, 2.24) is 0 Å². The molecule has 0 aromatic heterocycles. The highest BCUT2D eigenvalue weighted by Gasteiger charge is 1.85. The van der Waals surface area contributed by atoms with Gasteiger partial charge in [-0.25, -0.2) is 0 Å². The fraction of sp³-hybridized carbons (Fsp3) is 0.667. The first-order valence-corrected chi connectivity index (χ1v) is 7.80. The minimum absolute atomic E-state index is 0.00497. The Hall–Kier alpha value is 0.437. The number of allylic oxidation sites excluding steroid dienone is 1. The van der Waals surface area contributed by atoms with Gasteiger partial charge in [0.1, 0.15) is 8.14 Å². The summed E-state index contributed by atoms with van der Waals surface area (Å²) in [7, 11) is -0.00497. The molecular formula is C6H13BrSi. The van der Waals surface area contributed by atoms with E-state index in [4.69, 9.17) is 0 Å². The van der Waals surface area contributed by atoms with Gasteiger partial charge in [0.25, 0.3) is 0 Å². The Kier molecular flexibility index (Phi) is 5.88. The molecule has 0 unspecified atom stereocenters. The van der Waals surface area contributed by atoms with Gasteiger partial charge in [-0.3, -0.25) is 0 Å². The van der Waals surface area contributed by atoms with Crippen LogP contribution in [0.4, 0.5) is 0 Å². The zero-order valence-corrected chi connectivity index (χ0v) is 8.58. The van der Waals surface area contributed by atoms with Crippen LogP contribution in [-0.2, 0) is 0 Å². The third-order valence-electron chi connectivity index (χ3n) is 1.27. The molecule has 0 bridgehead atoms. The van der Waals surface area contributed by atoms with E-state index < -0.39 is 0 Å². The second-order valence-electron chi connectivity index (χ2n) is 1.72. The predicted molar refractivity (Wildman–Crippen MR) is 46.1 cm³/mol. The zero-order chi connectivity index (χ0) is 6.41. The fourth-order valence-electron chi connectivity index (χ4n) is 0.648. The minimum Gasteiger partial charge on any atom is -0.130 e. The van der Waals surface area contributed by atoms with Crippen molar-refractivity contribution in [2.75, 3.05) is 0 Å². The van der Waals surface area contributed by atoms with Gasteiger partial charge in [0.15, 0.2) is 0 Å². The van der Waals surface area contributed by atoms with E-state index in [-0.39, 0.29) is 8.14 Å². The maximum absolute atomic E-state index is 3.49. The lowest BCUT2D eigenvalue weighted by Gasteiger charge is -1.94. The molecule has 0 rings (SSSR count). The maximum Gasteiger partial charge on any atom is 0.122 e. The molecule has 0 heterocycles. The van der Waals surface area contributed by atoms with Crippen LogP contribution in [0.15, 0.2) is 11.3 Å². The van der Waals surface area contributed by atoms with Gasteiger partial charge in [0.05, 0.1) is 0 Å². The van der Waals surface area contributed by atoms with Crippen molar-refractivity contribution in [3.63, 3.8) is 0 Å². The number of hydrogen-bond donors (Lipinski definition) is 0. The van der Waals surface area contributed by atoms with Crippen molar-refractivity contribution in [1.29, 1.82) is 0 Å². The Balaban J connectivity index is 3.49. The third kappa shape index (κ3) is 3.44. The lowest BCUT2D eigenvalue weighted by molar-refractivity contribution is 0.983. The highest BCUT2D eigenvalue weighted by molar-refractivity contribution is 9.23. The lowest BCUT2D eigenvalue weighted by Crippen LogP contribution is -1.78. The first kappa shape index (κ1) is 8.44. The first-order valence-electron chi connectivity index (χ1n) is 3.09. The Bertz CT molecular complexity index is 72.6. The highest BCUT2D eigenvalue weighted by Crippen LogP contribution is 2.04. The standard InChI is InChI=1S/C6H13BrSi/c1-3-6(4-2)5-8-7/h5H,3-4,8H2,1-2H3. The second-order valence-corrected chi connectivity index (χ2v) is 4.38. The minimum atomic E-state index is -0.00497. The van der Waals surface area contributed by atoms with E-state index in [2.05, 4.69) is 34.8 Å². The largest absolute Gasteiger partial charge is 0.130 e. The number of rotatable bonds is 3. The van der Waals surface area contributed by atoms with Crippen molar-refractivity contribution >= 4 is 23.4 Å². The molecule has 8 heavy (non-hydrogen) atoms. The van der Waals surface area contributed by atoms with Gasteiger partial charge in [-0.1, -0.05) is 25.1 Å². The van der Waals surface area contributed by atoms with E-state index in [9.17, 15) is 0 Å². The lowest BCUT2D eigenvalue weighted by atomic mass is 10.2. The quantitative estimate of drug-likeness (QED) is 0.476. The summed E-state index contributed by atoms with van der Waals surface area (Å²) in [4.78, 5) is 0. The number of halogens is 1. The molecule has 48 valence electrons. The van der Waals surface area contributed by atoms with Crippen molar-refractivity contribution < 1.29 is 0 Å². The normalized spacial score (nSPS) is 10.4. The molecule has 0 aliphatic rings. The van der Waals surface area contributed by atoms with E-state index in [0.29, 0.717) is 0 Å². The van der Waals surface area contributed by atoms with Crippen LogP contribution in [0.3, 0.4) is 0 Å².